The highest BCUT2D eigenvalue weighted by atomic mass is 35.5. The van der Waals surface area contributed by atoms with E-state index in [4.69, 9.17) is 43.6 Å². The van der Waals surface area contributed by atoms with E-state index in [1.54, 1.807) is 42.3 Å². The van der Waals surface area contributed by atoms with Gasteiger partial charge in [0.25, 0.3) is 5.91 Å². The first-order chi connectivity index (χ1) is 26.8. The van der Waals surface area contributed by atoms with E-state index in [0.29, 0.717) is 32.6 Å². The van der Waals surface area contributed by atoms with Gasteiger partial charge >= 0.3 is 17.9 Å². The minimum absolute atomic E-state index is 0.00665. The molecule has 4 N–H and O–H groups in total. The quantitative estimate of drug-likeness (QED) is 0.110. The van der Waals surface area contributed by atoms with Gasteiger partial charge < -0.3 is 30.2 Å². The molecule has 1 amide bonds. The number of carbonyl (C=O) groups is 4. The summed E-state index contributed by atoms with van der Waals surface area (Å²) in [5.74, 6) is -4.97. The van der Waals surface area contributed by atoms with Crippen molar-refractivity contribution in [3.05, 3.63) is 111 Å². The molecule has 1 aliphatic rings. The summed E-state index contributed by atoms with van der Waals surface area (Å²) in [5, 5.41) is 46.0. The Morgan fingerprint density at radius 2 is 1.53 bits per heavy atom. The molecule has 0 saturated carbocycles. The molecule has 13 nitrogen and oxygen atoms in total. The van der Waals surface area contributed by atoms with Crippen LogP contribution in [0.4, 0.5) is 0 Å². The van der Waals surface area contributed by atoms with E-state index in [1.807, 2.05) is 48.5 Å². The first-order valence-corrected chi connectivity index (χ1v) is 20.5. The van der Waals surface area contributed by atoms with Gasteiger partial charge in [0.15, 0.2) is 15.4 Å². The van der Waals surface area contributed by atoms with Gasteiger partial charge in [-0.25, -0.2) is 13.2 Å². The minimum atomic E-state index is -3.29. The second-order valence-electron chi connectivity index (χ2n) is 14.1. The molecule has 1 fully saturated rings. The average Bonchev–Trinajstić information content (AvgIpc) is 3.16. The van der Waals surface area contributed by atoms with Gasteiger partial charge in [0.2, 0.25) is 0 Å². The smallest absolute Gasteiger partial charge is 0.336 e. The van der Waals surface area contributed by atoms with E-state index in [1.165, 1.54) is 6.26 Å². The number of carbonyl (C=O) groups excluding carboxylic acids is 1. The summed E-state index contributed by atoms with van der Waals surface area (Å²) in [6, 6.07) is 26.2. The number of halogens is 2. The minimum Gasteiger partial charge on any atom is -0.481 e. The fraction of sp³-hybridized carbons (Fsp3) is 0.341. The number of sulfone groups is 1. The van der Waals surface area contributed by atoms with E-state index >= 15 is 0 Å². The largest absolute Gasteiger partial charge is 0.481 e. The van der Waals surface area contributed by atoms with Crippen molar-refractivity contribution in [1.29, 1.82) is 5.26 Å². The molecule has 302 valence electrons. The van der Waals surface area contributed by atoms with Gasteiger partial charge in [-0.15, -0.1) is 0 Å². The summed E-state index contributed by atoms with van der Waals surface area (Å²) in [7, 11) is -1.49. The summed E-state index contributed by atoms with van der Waals surface area (Å²) < 4.78 is 24.7. The van der Waals surface area contributed by atoms with Crippen LogP contribution in [0.3, 0.4) is 0 Å². The number of nitrogens with zero attached hydrogens (tertiary/aromatic N) is 3. The van der Waals surface area contributed by atoms with Crippen LogP contribution in [0.5, 0.6) is 0 Å². The summed E-state index contributed by atoms with van der Waals surface area (Å²) in [6.45, 7) is 3.00. The monoisotopic (exact) mass is 839 g/mol. The Balaban J connectivity index is 0.000000476. The summed E-state index contributed by atoms with van der Waals surface area (Å²) in [5.41, 5.74) is 0.135. The van der Waals surface area contributed by atoms with Crippen molar-refractivity contribution >= 4 is 67.6 Å². The predicted molar refractivity (Wildman–Crippen MR) is 215 cm³/mol. The van der Waals surface area contributed by atoms with Crippen LogP contribution in [0.15, 0.2) is 83.8 Å². The number of piperidine rings is 1. The molecule has 1 atom stereocenters. The van der Waals surface area contributed by atoms with Gasteiger partial charge in [-0.1, -0.05) is 71.7 Å². The third kappa shape index (κ3) is 12.0. The third-order valence-corrected chi connectivity index (χ3v) is 11.8. The van der Waals surface area contributed by atoms with Crippen LogP contribution < -0.4 is 0 Å². The van der Waals surface area contributed by atoms with E-state index in [9.17, 15) is 32.9 Å². The number of aliphatic hydroxyl groups is 1. The molecular formula is C41H43Cl2N3O10S. The number of fused-ring (bicyclic) bond motifs is 1. The fourth-order valence-corrected chi connectivity index (χ4v) is 8.27. The van der Waals surface area contributed by atoms with Crippen LogP contribution >= 0.6 is 23.2 Å². The van der Waals surface area contributed by atoms with E-state index in [0.717, 1.165) is 60.8 Å². The Morgan fingerprint density at radius 3 is 2.11 bits per heavy atom. The lowest BCUT2D eigenvalue weighted by molar-refractivity contribution is -0.170. The average molecular weight is 841 g/mol. The Bertz CT molecular complexity index is 2270. The number of hydrogen-bond donors (Lipinski definition) is 4. The second kappa shape index (κ2) is 19.4. The van der Waals surface area contributed by atoms with Crippen molar-refractivity contribution < 1.29 is 48.0 Å². The number of aliphatic carboxylic acids is 3. The molecular weight excluding hydrogens is 797 g/mol. The molecule has 16 heteroatoms. The van der Waals surface area contributed by atoms with E-state index in [-0.39, 0.29) is 17.7 Å². The molecule has 5 rings (SSSR count). The van der Waals surface area contributed by atoms with Crippen molar-refractivity contribution in [1.82, 2.24) is 9.80 Å². The van der Waals surface area contributed by atoms with Crippen LogP contribution in [0, 0.1) is 11.3 Å². The Labute approximate surface area is 340 Å². The highest BCUT2D eigenvalue weighted by Gasteiger charge is 2.40. The summed E-state index contributed by atoms with van der Waals surface area (Å²) in [4.78, 5) is 48.9. The topological polar surface area (TPSA) is 214 Å². The van der Waals surface area contributed by atoms with Gasteiger partial charge in [-0.3, -0.25) is 14.4 Å². The van der Waals surface area contributed by atoms with Gasteiger partial charge in [-0.05, 0) is 97.0 Å². The molecule has 0 aliphatic carbocycles. The second-order valence-corrected chi connectivity index (χ2v) is 16.9. The normalized spacial score (nSPS) is 14.2. The van der Waals surface area contributed by atoms with Crippen LogP contribution in [-0.4, -0.2) is 108 Å². The molecule has 1 aliphatic heterocycles. The van der Waals surface area contributed by atoms with Crippen LogP contribution in [0.1, 0.15) is 71.0 Å². The first kappa shape index (κ1) is 44.7. The Hall–Kier alpha value is -5.04. The number of hydrogen-bond acceptors (Lipinski definition) is 9. The number of carboxylic acids is 3. The predicted octanol–water partition coefficient (Wildman–Crippen LogP) is 6.30. The maximum absolute atomic E-state index is 13.8. The van der Waals surface area contributed by atoms with E-state index in [2.05, 4.69) is 11.0 Å². The number of nitriles is 1. The third-order valence-electron chi connectivity index (χ3n) is 9.90. The highest BCUT2D eigenvalue weighted by molar-refractivity contribution is 7.90. The standard InChI is InChI=1S/C35H35Cl2N3O3S.C6H8O7/c1-39(35(41)31-20-24(22-38)19-27-7-3-4-8-29(27)31)23-28(26-11-12-32(36)33(37)21-26)15-18-40-16-13-25(14-17-40)30-9-5-6-10-34(30)44(2,42)43;7-3(8)1-6(13,5(11)12)2-4(9)10/h3-12,19-21,25,28H,13-18,23H2,1-2H3;13H,1-2H2,(H,7,8)(H,9,10)(H,11,12)/t28-;/m1./s1. The molecule has 0 bridgehead atoms. The number of benzene rings is 4. The number of likely N-dealkylation sites (tertiary alicyclic amines) is 1. The van der Waals surface area contributed by atoms with Crippen LogP contribution in [-0.2, 0) is 24.2 Å². The van der Waals surface area contributed by atoms with Crippen molar-refractivity contribution in [2.24, 2.45) is 0 Å². The Morgan fingerprint density at radius 1 is 0.912 bits per heavy atom. The van der Waals surface area contributed by atoms with Crippen LogP contribution in [0.2, 0.25) is 10.0 Å². The molecule has 0 radical (unpaired) electrons. The molecule has 1 heterocycles. The number of likely N-dealkylation sites (N-methyl/N-ethyl adjacent to an activating group) is 1. The Kier molecular flexibility index (Phi) is 15.2. The van der Waals surface area contributed by atoms with Crippen molar-refractivity contribution in [3.63, 3.8) is 0 Å². The van der Waals surface area contributed by atoms with Gasteiger partial charge in [0.1, 0.15) is 0 Å². The lowest BCUT2D eigenvalue weighted by Crippen LogP contribution is -2.42. The molecule has 4 aromatic rings. The van der Waals surface area contributed by atoms with Crippen molar-refractivity contribution in [2.45, 2.75) is 54.4 Å². The zero-order chi connectivity index (χ0) is 42.1. The molecule has 57 heavy (non-hydrogen) atoms. The maximum atomic E-state index is 13.8. The summed E-state index contributed by atoms with van der Waals surface area (Å²) >= 11 is 12.7. The number of amides is 1. The zero-order valence-electron chi connectivity index (χ0n) is 31.3. The van der Waals surface area contributed by atoms with Gasteiger partial charge in [-0.2, -0.15) is 5.26 Å². The molecule has 0 aromatic heterocycles. The SMILES string of the molecule is CN(C[C@@H](CCN1CCC(c2ccccc2S(C)(=O)=O)CC1)c1ccc(Cl)c(Cl)c1)C(=O)c1cc(C#N)cc2ccccc12.O=C(O)CC(O)(CC(=O)O)C(=O)O. The zero-order valence-corrected chi connectivity index (χ0v) is 33.6. The highest BCUT2D eigenvalue weighted by Crippen LogP contribution is 2.34. The molecule has 0 unspecified atom stereocenters. The molecule has 4 aromatic carbocycles. The number of rotatable bonds is 14. The fourth-order valence-electron chi connectivity index (χ4n) is 6.98. The molecule has 1 saturated heterocycles. The van der Waals surface area contributed by atoms with Crippen molar-refractivity contribution in [2.75, 3.05) is 39.5 Å². The first-order valence-electron chi connectivity index (χ1n) is 17.9. The maximum Gasteiger partial charge on any atom is 0.336 e. The lowest BCUT2D eigenvalue weighted by atomic mass is 9.88. The van der Waals surface area contributed by atoms with Crippen molar-refractivity contribution in [3.8, 4) is 6.07 Å². The summed E-state index contributed by atoms with van der Waals surface area (Å²) in [6.07, 6.45) is 1.53. The van der Waals surface area contributed by atoms with Gasteiger partial charge in [0, 0.05) is 31.3 Å². The van der Waals surface area contributed by atoms with Gasteiger partial charge in [0.05, 0.1) is 39.4 Å². The lowest BCUT2D eigenvalue weighted by Gasteiger charge is -2.34. The van der Waals surface area contributed by atoms with Crippen LogP contribution in [0.25, 0.3) is 10.8 Å². The molecule has 0 spiro atoms. The number of carboxylic acid groups (broad SMARTS) is 3. The van der Waals surface area contributed by atoms with E-state index < -0.39 is 46.2 Å².